The Morgan fingerprint density at radius 2 is 1.40 bits per heavy atom. The van der Waals surface area contributed by atoms with Gasteiger partial charge in [0, 0.05) is 67.6 Å². The molecule has 17 nitrogen and oxygen atoms in total. The number of fused-ring (bicyclic) bond motifs is 2. The van der Waals surface area contributed by atoms with Crippen molar-refractivity contribution in [2.45, 2.75) is 98.2 Å². The molecule has 5 aromatic rings. The summed E-state index contributed by atoms with van der Waals surface area (Å²) >= 11 is 6.84. The lowest BCUT2D eigenvalue weighted by Gasteiger charge is -2.33. The number of carbonyl (C=O) groups excluding carboxylic acids is 3. The van der Waals surface area contributed by atoms with Gasteiger partial charge in [0.15, 0.2) is 5.82 Å². The number of H-pyrrole nitrogens is 2. The number of piperidine rings is 2. The summed E-state index contributed by atoms with van der Waals surface area (Å²) in [7, 11) is 1.91. The number of rotatable bonds is 6. The highest BCUT2D eigenvalue weighted by Crippen LogP contribution is 2.31. The molecule has 3 aromatic heterocycles. The molecule has 2 aromatic carbocycles. The molecule has 2 aliphatic heterocycles. The van der Waals surface area contributed by atoms with Gasteiger partial charge in [-0.15, -0.1) is 12.4 Å². The van der Waals surface area contributed by atoms with E-state index in [-0.39, 0.29) is 48.2 Å². The van der Waals surface area contributed by atoms with Crippen molar-refractivity contribution in [1.82, 2.24) is 50.3 Å². The normalized spacial score (nSPS) is 16.5. The Hall–Kier alpha value is -4.75. The Bertz CT molecular complexity index is 2350. The number of aryl methyl sites for hydroxylation is 1. The van der Waals surface area contributed by atoms with Gasteiger partial charge < -0.3 is 29.3 Å². The molecule has 2 aliphatic rings. The second-order valence-electron chi connectivity index (χ2n) is 17.1. The standard InChI is InChI=1S/C20H25BrN6O2.C13H24N2O3.C10H10BrN3O.ClH/c1-20(2,3)29-19(28)27-9-5-6-13(11-27)18-22-17(25-26(18)4)12-7-8-15-14(10-12)16(21)24-23-15;1-5-14-11(16)10-7-6-8-15(9-10)12(17)18-13(2,3)4;1-2-15-10(12)6-3-4-8-7(5-6)9(11)14-13-8;/h7-8,10,13H,5-6,9,11H2,1-4H3,(H,23,24);10H,5-9H2,1-4H3,(H,14,16);3-5,12H,2H2,1H3,(H,13,14);1H/t13-;10-;;/m11../s1. The summed E-state index contributed by atoms with van der Waals surface area (Å²) in [4.78, 5) is 44.4. The monoisotopic (exact) mass is 1020 g/mol. The highest BCUT2D eigenvalue weighted by atomic mass is 79.9. The Kier molecular flexibility index (Phi) is 18.0. The summed E-state index contributed by atoms with van der Waals surface area (Å²) in [6.45, 7) is 18.5. The molecule has 0 radical (unpaired) electrons. The molecule has 0 saturated carbocycles. The van der Waals surface area contributed by atoms with Crippen molar-refractivity contribution in [3.05, 3.63) is 57.0 Å². The third-order valence-electron chi connectivity index (χ3n) is 9.85. The van der Waals surface area contributed by atoms with Crippen LogP contribution in [0.25, 0.3) is 33.2 Å². The number of ether oxygens (including phenoxy) is 3. The fraction of sp³-hybridized carbons (Fsp3) is 0.535. The van der Waals surface area contributed by atoms with Crippen molar-refractivity contribution in [2.24, 2.45) is 13.0 Å². The van der Waals surface area contributed by atoms with Gasteiger partial charge in [0.05, 0.1) is 23.6 Å². The smallest absolute Gasteiger partial charge is 0.410 e. The zero-order valence-corrected chi connectivity index (χ0v) is 41.4. The molecule has 3 amide bonds. The van der Waals surface area contributed by atoms with Gasteiger partial charge in [-0.2, -0.15) is 15.3 Å². The predicted octanol–water partition coefficient (Wildman–Crippen LogP) is 9.11. The van der Waals surface area contributed by atoms with Crippen molar-refractivity contribution in [2.75, 3.05) is 39.3 Å². The Balaban J connectivity index is 0.000000221. The van der Waals surface area contributed by atoms with Gasteiger partial charge in [0.2, 0.25) is 11.8 Å². The van der Waals surface area contributed by atoms with Crippen molar-refractivity contribution in [3.8, 4) is 11.4 Å². The summed E-state index contributed by atoms with van der Waals surface area (Å²) in [6.07, 6.45) is 2.99. The molecule has 2 fully saturated rings. The van der Waals surface area contributed by atoms with Crippen LogP contribution in [-0.4, -0.2) is 119 Å². The Morgan fingerprint density at radius 1 is 0.841 bits per heavy atom. The van der Waals surface area contributed by atoms with Gasteiger partial charge in [-0.25, -0.2) is 14.6 Å². The highest BCUT2D eigenvalue weighted by Gasteiger charge is 2.32. The minimum Gasteiger partial charge on any atom is -0.478 e. The van der Waals surface area contributed by atoms with Crippen LogP contribution in [0.1, 0.15) is 98.4 Å². The zero-order chi connectivity index (χ0) is 45.4. The van der Waals surface area contributed by atoms with Crippen molar-refractivity contribution in [1.29, 1.82) is 5.41 Å². The number of carbonyl (C=O) groups is 3. The summed E-state index contributed by atoms with van der Waals surface area (Å²) in [5.74, 6) is 1.81. The van der Waals surface area contributed by atoms with Crippen molar-refractivity contribution in [3.63, 3.8) is 0 Å². The number of aromatic nitrogens is 7. The molecule has 2 saturated heterocycles. The fourth-order valence-corrected chi connectivity index (χ4v) is 7.83. The predicted molar refractivity (Wildman–Crippen MR) is 252 cm³/mol. The van der Waals surface area contributed by atoms with E-state index in [1.807, 2.05) is 104 Å². The molecule has 0 bridgehead atoms. The van der Waals surface area contributed by atoms with E-state index in [2.05, 4.69) is 62.7 Å². The minimum atomic E-state index is -0.498. The van der Waals surface area contributed by atoms with Gasteiger partial charge >= 0.3 is 12.2 Å². The third kappa shape index (κ3) is 14.1. The van der Waals surface area contributed by atoms with Crippen LogP contribution in [0.4, 0.5) is 9.59 Å². The van der Waals surface area contributed by atoms with Gasteiger partial charge in [0.25, 0.3) is 0 Å². The quantitative estimate of drug-likeness (QED) is 0.0937. The lowest BCUT2D eigenvalue weighted by molar-refractivity contribution is -0.126. The molecule has 0 spiro atoms. The first-order chi connectivity index (χ1) is 29.3. The number of benzene rings is 2. The molecule has 0 unspecified atom stereocenters. The van der Waals surface area contributed by atoms with Crippen LogP contribution in [0.3, 0.4) is 0 Å². The summed E-state index contributed by atoms with van der Waals surface area (Å²) in [6, 6.07) is 11.5. The molecule has 2 atom stereocenters. The van der Waals surface area contributed by atoms with Gasteiger partial charge in [-0.3, -0.25) is 25.1 Å². The van der Waals surface area contributed by atoms with Crippen LogP contribution in [-0.2, 0) is 26.1 Å². The number of nitrogens with one attached hydrogen (secondary N) is 4. The summed E-state index contributed by atoms with van der Waals surface area (Å²) < 4.78 is 19.5. The van der Waals surface area contributed by atoms with E-state index in [0.29, 0.717) is 45.2 Å². The van der Waals surface area contributed by atoms with E-state index >= 15 is 0 Å². The lowest BCUT2D eigenvalue weighted by Crippen LogP contribution is -2.47. The largest absolute Gasteiger partial charge is 0.478 e. The Morgan fingerprint density at radius 3 is 1.97 bits per heavy atom. The van der Waals surface area contributed by atoms with E-state index in [4.69, 9.17) is 24.6 Å². The fourth-order valence-electron chi connectivity index (χ4n) is 7.02. The molecule has 20 heteroatoms. The summed E-state index contributed by atoms with van der Waals surface area (Å²) in [5, 5.41) is 31.1. The van der Waals surface area contributed by atoms with Crippen LogP contribution in [0.5, 0.6) is 0 Å². The molecule has 4 N–H and O–H groups in total. The SMILES string of the molecule is CCNC(=O)[C@@H]1CCCN(C(=O)OC(C)(C)C)C1.CCOC(=N)c1ccc2n[nH]c(Br)c2c1.Cl.Cn1nc(-c2ccc3n[nH]c(Br)c3c2)nc1[C@@H]1CCCN(C(=O)OC(C)(C)C)C1. The molecular formula is C43H60Br2ClN11O6. The van der Waals surface area contributed by atoms with E-state index in [9.17, 15) is 14.4 Å². The Labute approximate surface area is 391 Å². The average Bonchev–Trinajstić information content (AvgIpc) is 3.92. The molecule has 344 valence electrons. The highest BCUT2D eigenvalue weighted by molar-refractivity contribution is 9.10. The van der Waals surface area contributed by atoms with Gasteiger partial charge in [-0.05, 0) is 149 Å². The number of hydrogen-bond donors (Lipinski definition) is 4. The van der Waals surface area contributed by atoms with E-state index in [0.717, 1.165) is 73.6 Å². The molecule has 7 rings (SSSR count). The maximum Gasteiger partial charge on any atom is 0.410 e. The molecule has 63 heavy (non-hydrogen) atoms. The topological polar surface area (TPSA) is 209 Å². The van der Waals surface area contributed by atoms with Gasteiger partial charge in [0.1, 0.15) is 26.2 Å². The average molecular weight is 1020 g/mol. The lowest BCUT2D eigenvalue weighted by atomic mass is 9.97. The van der Waals surface area contributed by atoms with Crippen LogP contribution in [0, 0.1) is 11.3 Å². The number of amides is 3. The number of nitrogens with zero attached hydrogens (tertiary/aromatic N) is 7. The number of halogens is 3. The summed E-state index contributed by atoms with van der Waals surface area (Å²) in [5.41, 5.74) is 2.46. The molecular weight excluding hydrogens is 962 g/mol. The van der Waals surface area contributed by atoms with Crippen LogP contribution in [0.15, 0.2) is 45.6 Å². The van der Waals surface area contributed by atoms with E-state index < -0.39 is 11.2 Å². The molecule has 0 aliphatic carbocycles. The first kappa shape index (κ1) is 50.9. The van der Waals surface area contributed by atoms with Crippen LogP contribution in [0.2, 0.25) is 0 Å². The first-order valence-corrected chi connectivity index (χ1v) is 22.5. The van der Waals surface area contributed by atoms with Gasteiger partial charge in [-0.1, -0.05) is 0 Å². The van der Waals surface area contributed by atoms with E-state index in [1.54, 1.807) is 9.80 Å². The maximum absolute atomic E-state index is 12.5. The number of aromatic amines is 2. The first-order valence-electron chi connectivity index (χ1n) is 20.9. The van der Waals surface area contributed by atoms with E-state index in [1.165, 1.54) is 0 Å². The van der Waals surface area contributed by atoms with Crippen LogP contribution < -0.4 is 5.32 Å². The van der Waals surface area contributed by atoms with Crippen LogP contribution >= 0.6 is 44.3 Å². The number of hydrogen-bond acceptors (Lipinski definition) is 11. The molecule has 5 heterocycles. The van der Waals surface area contributed by atoms with Crippen molar-refractivity contribution < 1.29 is 28.6 Å². The maximum atomic E-state index is 12.5. The minimum absolute atomic E-state index is 0. The second kappa shape index (κ2) is 22.2. The second-order valence-corrected chi connectivity index (χ2v) is 18.7. The zero-order valence-electron chi connectivity index (χ0n) is 37.4. The number of likely N-dealkylation sites (tertiary alicyclic amines) is 2. The van der Waals surface area contributed by atoms with Crippen molar-refractivity contribution >= 4 is 90.1 Å². The third-order valence-corrected chi connectivity index (χ3v) is 11.1.